The lowest BCUT2D eigenvalue weighted by Gasteiger charge is -2.27. The first-order chi connectivity index (χ1) is 16.8. The first kappa shape index (κ1) is 24.6. The maximum Gasteiger partial charge on any atom is 0.270 e. The number of aromatic hydroxyl groups is 1. The van der Waals surface area contributed by atoms with Crippen LogP contribution in [0, 0.1) is 17.0 Å². The van der Waals surface area contributed by atoms with Gasteiger partial charge in [0.15, 0.2) is 0 Å². The monoisotopic (exact) mass is 562 g/mol. The quantitative estimate of drug-likeness (QED) is 0.216. The van der Waals surface area contributed by atoms with Gasteiger partial charge >= 0.3 is 0 Å². The summed E-state index contributed by atoms with van der Waals surface area (Å²) in [5.74, 6) is 0.628. The number of nitrogens with one attached hydrogen (secondary N) is 2. The molecule has 0 spiro atoms. The predicted molar refractivity (Wildman–Crippen MR) is 136 cm³/mol. The van der Waals surface area contributed by atoms with E-state index in [-0.39, 0.29) is 28.9 Å². The number of nitro groups is 1. The van der Waals surface area contributed by atoms with Crippen LogP contribution in [0.15, 0.2) is 39.9 Å². The van der Waals surface area contributed by atoms with E-state index in [4.69, 9.17) is 16.3 Å². The Morgan fingerprint density at radius 1 is 1.23 bits per heavy atom. The minimum atomic E-state index is -0.557. The van der Waals surface area contributed by atoms with Crippen molar-refractivity contribution in [3.63, 3.8) is 0 Å². The molecule has 0 unspecified atom stereocenters. The van der Waals surface area contributed by atoms with Gasteiger partial charge in [-0.2, -0.15) is 20.1 Å². The zero-order chi connectivity index (χ0) is 24.9. The fourth-order valence-electron chi connectivity index (χ4n) is 3.16. The molecule has 3 aromatic rings. The Morgan fingerprint density at radius 3 is 2.71 bits per heavy atom. The Bertz CT molecular complexity index is 1290. The van der Waals surface area contributed by atoms with Gasteiger partial charge in [-0.25, -0.2) is 5.43 Å². The highest BCUT2D eigenvalue weighted by Crippen LogP contribution is 2.31. The van der Waals surface area contributed by atoms with E-state index >= 15 is 0 Å². The van der Waals surface area contributed by atoms with Crippen LogP contribution < -0.4 is 15.6 Å². The number of aryl methyl sites for hydroxylation is 1. The number of nitro benzene ring substituents is 1. The van der Waals surface area contributed by atoms with Crippen molar-refractivity contribution in [1.29, 1.82) is 0 Å². The molecule has 1 aliphatic heterocycles. The molecule has 3 N–H and O–H groups in total. The SMILES string of the molecule is Cc1cc(Br)c(Nc2nc(N/N=C\c3cc([N+](=O)[O-])ccc3O)nc(N3CCOCC3)n2)cc1Cl. The summed E-state index contributed by atoms with van der Waals surface area (Å²) in [7, 11) is 0. The predicted octanol–water partition coefficient (Wildman–Crippen LogP) is 4.24. The summed E-state index contributed by atoms with van der Waals surface area (Å²) in [6, 6.07) is 7.28. The summed E-state index contributed by atoms with van der Waals surface area (Å²) in [5.41, 5.74) is 4.26. The molecular formula is C21H20BrClN8O4. The molecule has 2 aromatic carbocycles. The molecule has 0 atom stereocenters. The Labute approximate surface area is 213 Å². The molecule has 1 saturated heterocycles. The van der Waals surface area contributed by atoms with Crippen molar-refractivity contribution in [2.45, 2.75) is 6.92 Å². The normalized spacial score (nSPS) is 13.7. The first-order valence-corrected chi connectivity index (χ1v) is 11.5. The van der Waals surface area contributed by atoms with Crippen molar-refractivity contribution in [3.05, 3.63) is 61.1 Å². The number of halogens is 2. The molecule has 0 bridgehead atoms. The highest BCUT2D eigenvalue weighted by Gasteiger charge is 2.17. The second-order valence-electron chi connectivity index (χ2n) is 7.46. The first-order valence-electron chi connectivity index (χ1n) is 10.4. The average molecular weight is 564 g/mol. The average Bonchev–Trinajstić information content (AvgIpc) is 2.84. The third kappa shape index (κ3) is 6.12. The Hall–Kier alpha value is -3.55. The van der Waals surface area contributed by atoms with E-state index in [0.717, 1.165) is 10.0 Å². The lowest BCUT2D eigenvalue weighted by atomic mass is 10.2. The number of rotatable bonds is 7. The van der Waals surface area contributed by atoms with Gasteiger partial charge in [0, 0.05) is 40.3 Å². The van der Waals surface area contributed by atoms with Crippen LogP contribution in [0.25, 0.3) is 0 Å². The van der Waals surface area contributed by atoms with E-state index in [1.807, 2.05) is 17.9 Å². The van der Waals surface area contributed by atoms with E-state index in [1.165, 1.54) is 24.4 Å². The maximum absolute atomic E-state index is 11.0. The molecule has 14 heteroatoms. The molecule has 1 aromatic heterocycles. The number of hydrogen-bond donors (Lipinski definition) is 3. The second-order valence-corrected chi connectivity index (χ2v) is 8.72. The van der Waals surface area contributed by atoms with Gasteiger partial charge in [-0.05, 0) is 46.6 Å². The number of morpholine rings is 1. The van der Waals surface area contributed by atoms with Crippen molar-refractivity contribution in [1.82, 2.24) is 15.0 Å². The van der Waals surface area contributed by atoms with Crippen LogP contribution in [0.3, 0.4) is 0 Å². The van der Waals surface area contributed by atoms with Gasteiger partial charge in [0.2, 0.25) is 17.8 Å². The summed E-state index contributed by atoms with van der Waals surface area (Å²) < 4.78 is 6.19. The lowest BCUT2D eigenvalue weighted by molar-refractivity contribution is -0.384. The van der Waals surface area contributed by atoms with Crippen molar-refractivity contribution in [2.75, 3.05) is 41.9 Å². The highest BCUT2D eigenvalue weighted by molar-refractivity contribution is 9.10. The number of hydrogen-bond acceptors (Lipinski definition) is 11. The smallest absolute Gasteiger partial charge is 0.270 e. The molecule has 4 rings (SSSR count). The van der Waals surface area contributed by atoms with Gasteiger partial charge in [-0.1, -0.05) is 11.6 Å². The van der Waals surface area contributed by atoms with Gasteiger partial charge in [0.05, 0.1) is 30.0 Å². The number of ether oxygens (including phenoxy) is 1. The van der Waals surface area contributed by atoms with Crippen LogP contribution in [0.5, 0.6) is 5.75 Å². The third-order valence-corrected chi connectivity index (χ3v) is 6.07. The lowest BCUT2D eigenvalue weighted by Crippen LogP contribution is -2.37. The van der Waals surface area contributed by atoms with E-state index in [9.17, 15) is 15.2 Å². The zero-order valence-corrected chi connectivity index (χ0v) is 20.7. The van der Waals surface area contributed by atoms with Gasteiger partial charge < -0.3 is 20.1 Å². The summed E-state index contributed by atoms with van der Waals surface area (Å²) in [5, 5.41) is 28.7. The molecule has 0 saturated carbocycles. The van der Waals surface area contributed by atoms with E-state index in [0.29, 0.717) is 43.0 Å². The second kappa shape index (κ2) is 10.8. The molecule has 0 radical (unpaired) electrons. The van der Waals surface area contributed by atoms with Crippen molar-refractivity contribution < 1.29 is 14.8 Å². The number of phenols is 1. The van der Waals surface area contributed by atoms with Gasteiger partial charge in [-0.15, -0.1) is 0 Å². The van der Waals surface area contributed by atoms with Crippen LogP contribution in [-0.4, -0.2) is 57.5 Å². The van der Waals surface area contributed by atoms with Gasteiger partial charge in [0.25, 0.3) is 5.69 Å². The number of nitrogens with zero attached hydrogens (tertiary/aromatic N) is 6. The molecule has 1 aliphatic rings. The molecular weight excluding hydrogens is 544 g/mol. The van der Waals surface area contributed by atoms with E-state index in [2.05, 4.69) is 46.7 Å². The maximum atomic E-state index is 11.0. The fraction of sp³-hybridized carbons (Fsp3) is 0.238. The summed E-state index contributed by atoms with van der Waals surface area (Å²) >= 11 is 9.79. The van der Waals surface area contributed by atoms with Crippen LogP contribution in [0.2, 0.25) is 5.02 Å². The number of non-ortho nitro benzene ring substituents is 1. The third-order valence-electron chi connectivity index (χ3n) is 5.00. The number of anilines is 4. The number of benzene rings is 2. The minimum Gasteiger partial charge on any atom is -0.507 e. The molecule has 35 heavy (non-hydrogen) atoms. The summed E-state index contributed by atoms with van der Waals surface area (Å²) in [4.78, 5) is 25.7. The fourth-order valence-corrected chi connectivity index (χ4v) is 3.88. The van der Waals surface area contributed by atoms with Crippen LogP contribution in [0.1, 0.15) is 11.1 Å². The minimum absolute atomic E-state index is 0.125. The van der Waals surface area contributed by atoms with Crippen molar-refractivity contribution in [3.8, 4) is 5.75 Å². The largest absolute Gasteiger partial charge is 0.507 e. The molecule has 0 amide bonds. The number of phenolic OH excluding ortho intramolecular Hbond substituents is 1. The van der Waals surface area contributed by atoms with Crippen LogP contribution >= 0.6 is 27.5 Å². The summed E-state index contributed by atoms with van der Waals surface area (Å²) in [6.07, 6.45) is 1.24. The topological polar surface area (TPSA) is 151 Å². The Morgan fingerprint density at radius 2 is 1.97 bits per heavy atom. The van der Waals surface area contributed by atoms with E-state index < -0.39 is 4.92 Å². The highest BCUT2D eigenvalue weighted by atomic mass is 79.9. The van der Waals surface area contributed by atoms with E-state index in [1.54, 1.807) is 6.07 Å². The van der Waals surface area contributed by atoms with Crippen molar-refractivity contribution >= 4 is 63.0 Å². The summed E-state index contributed by atoms with van der Waals surface area (Å²) in [6.45, 7) is 4.19. The number of hydrazone groups is 1. The van der Waals surface area contributed by atoms with Crippen LogP contribution in [0.4, 0.5) is 29.2 Å². The Balaban J connectivity index is 1.62. The number of aromatic nitrogens is 3. The molecule has 0 aliphatic carbocycles. The standard InChI is InChI=1S/C21H20BrClN8O4/c1-12-8-15(22)17(10-16(12)23)25-19-26-20(28-21(27-19)30-4-6-35-7-5-30)29-24-11-13-9-14(31(33)34)2-3-18(13)32/h2-3,8-11,32H,4-7H2,1H3,(H2,25,26,27,28,29)/b24-11-. The van der Waals surface area contributed by atoms with Crippen molar-refractivity contribution in [2.24, 2.45) is 5.10 Å². The van der Waals surface area contributed by atoms with Crippen LogP contribution in [-0.2, 0) is 4.74 Å². The molecule has 182 valence electrons. The van der Waals surface area contributed by atoms with Gasteiger partial charge in [-0.3, -0.25) is 10.1 Å². The molecule has 12 nitrogen and oxygen atoms in total. The molecule has 1 fully saturated rings. The van der Waals surface area contributed by atoms with Gasteiger partial charge in [0.1, 0.15) is 5.75 Å². The molecule has 2 heterocycles. The zero-order valence-electron chi connectivity index (χ0n) is 18.4. The Kier molecular flexibility index (Phi) is 7.58.